The standard InChI is InChI=1S/C20H16F2N4O2/c1-12-11-26(14-4-5-16(21)17(22)9-14)20(28)18-15(6-8-25(12)18)19(27)24-13-3-2-7-23-10-13/h2-10,12H,11H2,1H3,(H,24,27)/t12-/m0/s1. The number of halogens is 2. The Hall–Kier alpha value is -3.55. The molecule has 1 atom stereocenters. The quantitative estimate of drug-likeness (QED) is 0.752. The molecule has 6 nitrogen and oxygen atoms in total. The molecule has 28 heavy (non-hydrogen) atoms. The second-order valence-electron chi connectivity index (χ2n) is 6.54. The Balaban J connectivity index is 1.69. The Morgan fingerprint density at radius 1 is 1.21 bits per heavy atom. The summed E-state index contributed by atoms with van der Waals surface area (Å²) >= 11 is 0. The van der Waals surface area contributed by atoms with Crippen LogP contribution in [0.3, 0.4) is 0 Å². The molecule has 0 saturated heterocycles. The zero-order chi connectivity index (χ0) is 19.8. The first-order valence-corrected chi connectivity index (χ1v) is 8.65. The summed E-state index contributed by atoms with van der Waals surface area (Å²) in [5, 5.41) is 2.71. The van der Waals surface area contributed by atoms with E-state index in [2.05, 4.69) is 10.3 Å². The van der Waals surface area contributed by atoms with Gasteiger partial charge in [-0.25, -0.2) is 8.78 Å². The van der Waals surface area contributed by atoms with Gasteiger partial charge in [0.2, 0.25) is 0 Å². The third kappa shape index (κ3) is 3.02. The SMILES string of the molecule is C[C@H]1CN(c2ccc(F)c(F)c2)C(=O)c2c(C(=O)Nc3cccnc3)ccn21. The van der Waals surface area contributed by atoms with Crippen LogP contribution in [-0.4, -0.2) is 27.9 Å². The largest absolute Gasteiger partial charge is 0.338 e. The van der Waals surface area contributed by atoms with Crippen molar-refractivity contribution >= 4 is 23.2 Å². The second kappa shape index (κ2) is 6.88. The Kier molecular flexibility index (Phi) is 4.38. The minimum atomic E-state index is -1.03. The molecule has 2 amide bonds. The number of rotatable bonds is 3. The third-order valence-electron chi connectivity index (χ3n) is 4.66. The maximum atomic E-state index is 13.7. The highest BCUT2D eigenvalue weighted by atomic mass is 19.2. The Morgan fingerprint density at radius 3 is 2.75 bits per heavy atom. The molecule has 4 rings (SSSR count). The van der Waals surface area contributed by atoms with Gasteiger partial charge in [-0.15, -0.1) is 0 Å². The van der Waals surface area contributed by atoms with Crippen molar-refractivity contribution in [3.8, 4) is 0 Å². The average molecular weight is 382 g/mol. The van der Waals surface area contributed by atoms with Crippen LogP contribution in [0.15, 0.2) is 55.0 Å². The fourth-order valence-electron chi connectivity index (χ4n) is 3.30. The first-order valence-electron chi connectivity index (χ1n) is 8.65. The summed E-state index contributed by atoms with van der Waals surface area (Å²) in [5.74, 6) is -2.92. The molecule has 0 spiro atoms. The van der Waals surface area contributed by atoms with Crippen LogP contribution in [0.5, 0.6) is 0 Å². The Labute approximate surface area is 159 Å². The van der Waals surface area contributed by atoms with Crippen molar-refractivity contribution in [3.05, 3.63) is 77.9 Å². The van der Waals surface area contributed by atoms with Crippen molar-refractivity contribution in [1.29, 1.82) is 0 Å². The Morgan fingerprint density at radius 2 is 2.04 bits per heavy atom. The molecule has 142 valence electrons. The third-order valence-corrected chi connectivity index (χ3v) is 4.66. The van der Waals surface area contributed by atoms with Gasteiger partial charge in [-0.1, -0.05) is 0 Å². The number of aromatic nitrogens is 2. The van der Waals surface area contributed by atoms with Crippen LogP contribution in [0.25, 0.3) is 0 Å². The molecule has 0 radical (unpaired) electrons. The van der Waals surface area contributed by atoms with E-state index < -0.39 is 23.4 Å². The minimum absolute atomic E-state index is 0.152. The number of carbonyl (C=O) groups is 2. The summed E-state index contributed by atoms with van der Waals surface area (Å²) in [4.78, 5) is 31.1. The number of anilines is 2. The molecular formula is C20H16F2N4O2. The zero-order valence-electron chi connectivity index (χ0n) is 14.9. The fraction of sp³-hybridized carbons (Fsp3) is 0.150. The molecule has 1 aliphatic heterocycles. The van der Waals surface area contributed by atoms with Gasteiger partial charge in [0.15, 0.2) is 11.6 Å². The van der Waals surface area contributed by atoms with E-state index in [-0.39, 0.29) is 29.5 Å². The number of carbonyl (C=O) groups excluding carboxylic acids is 2. The number of hydrogen-bond donors (Lipinski definition) is 1. The topological polar surface area (TPSA) is 67.2 Å². The molecule has 3 aromatic rings. The maximum Gasteiger partial charge on any atom is 0.275 e. The summed E-state index contributed by atoms with van der Waals surface area (Å²) < 4.78 is 28.6. The lowest BCUT2D eigenvalue weighted by Gasteiger charge is -2.33. The lowest BCUT2D eigenvalue weighted by atomic mass is 10.1. The maximum absolute atomic E-state index is 13.7. The number of fused-ring (bicyclic) bond motifs is 1. The molecule has 0 aliphatic carbocycles. The lowest BCUT2D eigenvalue weighted by Crippen LogP contribution is -2.43. The van der Waals surface area contributed by atoms with E-state index in [0.29, 0.717) is 5.69 Å². The van der Waals surface area contributed by atoms with E-state index in [9.17, 15) is 18.4 Å². The van der Waals surface area contributed by atoms with Gasteiger partial charge in [0.25, 0.3) is 11.8 Å². The van der Waals surface area contributed by atoms with Gasteiger partial charge in [-0.05, 0) is 37.3 Å². The van der Waals surface area contributed by atoms with Crippen molar-refractivity contribution < 1.29 is 18.4 Å². The summed E-state index contributed by atoms with van der Waals surface area (Å²) in [6.07, 6.45) is 4.76. The smallest absolute Gasteiger partial charge is 0.275 e. The molecule has 0 bridgehead atoms. The van der Waals surface area contributed by atoms with Crippen LogP contribution in [0.1, 0.15) is 33.8 Å². The van der Waals surface area contributed by atoms with Gasteiger partial charge >= 0.3 is 0 Å². The van der Waals surface area contributed by atoms with Crippen molar-refractivity contribution in [1.82, 2.24) is 9.55 Å². The number of hydrogen-bond acceptors (Lipinski definition) is 3. The molecule has 1 aromatic carbocycles. The predicted molar refractivity (Wildman–Crippen MR) is 99.4 cm³/mol. The number of amides is 2. The first kappa shape index (κ1) is 17.8. The zero-order valence-corrected chi connectivity index (χ0v) is 14.9. The van der Waals surface area contributed by atoms with E-state index in [1.54, 1.807) is 35.2 Å². The van der Waals surface area contributed by atoms with Crippen molar-refractivity contribution in [2.75, 3.05) is 16.8 Å². The minimum Gasteiger partial charge on any atom is -0.338 e. The van der Waals surface area contributed by atoms with Gasteiger partial charge in [0.05, 0.1) is 17.4 Å². The number of nitrogens with one attached hydrogen (secondary N) is 1. The monoisotopic (exact) mass is 382 g/mol. The fourth-order valence-corrected chi connectivity index (χ4v) is 3.30. The normalized spacial score (nSPS) is 16.0. The molecule has 0 unspecified atom stereocenters. The first-order chi connectivity index (χ1) is 13.5. The molecule has 0 saturated carbocycles. The molecule has 0 fully saturated rings. The summed E-state index contributed by atoms with van der Waals surface area (Å²) in [6.45, 7) is 2.15. The summed E-state index contributed by atoms with van der Waals surface area (Å²) in [7, 11) is 0. The van der Waals surface area contributed by atoms with Gasteiger partial charge in [-0.3, -0.25) is 14.6 Å². The number of nitrogens with zero attached hydrogens (tertiary/aromatic N) is 3. The van der Waals surface area contributed by atoms with E-state index in [0.717, 1.165) is 12.1 Å². The Bertz CT molecular complexity index is 1070. The van der Waals surface area contributed by atoms with E-state index in [4.69, 9.17) is 0 Å². The van der Waals surface area contributed by atoms with Crippen molar-refractivity contribution in [2.24, 2.45) is 0 Å². The van der Waals surface area contributed by atoms with Crippen LogP contribution in [0.4, 0.5) is 20.2 Å². The summed E-state index contributed by atoms with van der Waals surface area (Å²) in [6, 6.07) is 8.09. The van der Waals surface area contributed by atoms with Crippen LogP contribution in [0, 0.1) is 11.6 Å². The molecule has 1 N–H and O–H groups in total. The molecule has 2 aromatic heterocycles. The van der Waals surface area contributed by atoms with Gasteiger partial charge in [-0.2, -0.15) is 0 Å². The van der Waals surface area contributed by atoms with Crippen molar-refractivity contribution in [3.63, 3.8) is 0 Å². The van der Waals surface area contributed by atoms with Gasteiger partial charge < -0.3 is 14.8 Å². The molecular weight excluding hydrogens is 366 g/mol. The van der Waals surface area contributed by atoms with Crippen LogP contribution in [-0.2, 0) is 0 Å². The number of pyridine rings is 1. The van der Waals surface area contributed by atoms with Gasteiger partial charge in [0.1, 0.15) is 5.69 Å². The van der Waals surface area contributed by atoms with Crippen LogP contribution in [0.2, 0.25) is 0 Å². The predicted octanol–water partition coefficient (Wildman–Crippen LogP) is 3.64. The van der Waals surface area contributed by atoms with Crippen LogP contribution >= 0.6 is 0 Å². The summed E-state index contributed by atoms with van der Waals surface area (Å²) in [5.41, 5.74) is 1.14. The number of benzene rings is 1. The van der Waals surface area contributed by atoms with E-state index >= 15 is 0 Å². The lowest BCUT2D eigenvalue weighted by molar-refractivity contribution is 0.0942. The highest BCUT2D eigenvalue weighted by Crippen LogP contribution is 2.30. The van der Waals surface area contributed by atoms with Crippen molar-refractivity contribution in [2.45, 2.75) is 13.0 Å². The molecule has 3 heterocycles. The van der Waals surface area contributed by atoms with E-state index in [1.807, 2.05) is 6.92 Å². The molecule has 8 heteroatoms. The van der Waals surface area contributed by atoms with E-state index in [1.165, 1.54) is 17.2 Å². The van der Waals surface area contributed by atoms with Crippen LogP contribution < -0.4 is 10.2 Å². The van der Waals surface area contributed by atoms with Gasteiger partial charge in [0, 0.05) is 36.7 Å². The highest BCUT2D eigenvalue weighted by molar-refractivity contribution is 6.16. The average Bonchev–Trinajstić information content (AvgIpc) is 3.14. The molecule has 1 aliphatic rings. The highest BCUT2D eigenvalue weighted by Gasteiger charge is 2.34. The second-order valence-corrected chi connectivity index (χ2v) is 6.54.